The minimum Gasteiger partial charge on any atom is -0.486 e. The van der Waals surface area contributed by atoms with Crippen molar-refractivity contribution in [2.24, 2.45) is 0 Å². The van der Waals surface area contributed by atoms with Crippen LogP contribution in [0.2, 0.25) is 0 Å². The molecule has 132 valence electrons. The molecule has 0 spiro atoms. The molecule has 2 aromatic rings. The summed E-state index contributed by atoms with van der Waals surface area (Å²) >= 11 is 0. The molecule has 0 amide bonds. The third kappa shape index (κ3) is 2.77. The summed E-state index contributed by atoms with van der Waals surface area (Å²) in [6.45, 7) is 4.10. The predicted octanol–water partition coefficient (Wildman–Crippen LogP) is 1.69. The molecule has 7 heteroatoms. The second kappa shape index (κ2) is 6.00. The van der Waals surface area contributed by atoms with Crippen LogP contribution in [-0.4, -0.2) is 54.9 Å². The Morgan fingerprint density at radius 3 is 2.92 bits per heavy atom. The Morgan fingerprint density at radius 1 is 1.16 bits per heavy atom. The van der Waals surface area contributed by atoms with Gasteiger partial charge in [-0.05, 0) is 37.1 Å². The molecule has 0 radical (unpaired) electrons. The number of rotatable bonds is 3. The molecule has 1 aromatic carbocycles. The van der Waals surface area contributed by atoms with Crippen molar-refractivity contribution in [3.05, 3.63) is 35.5 Å². The van der Waals surface area contributed by atoms with Crippen LogP contribution in [0.25, 0.3) is 0 Å². The molecule has 2 aliphatic heterocycles. The maximum absolute atomic E-state index is 5.69. The van der Waals surface area contributed by atoms with Crippen molar-refractivity contribution in [2.75, 3.05) is 39.9 Å². The van der Waals surface area contributed by atoms with Crippen molar-refractivity contribution in [3.63, 3.8) is 0 Å². The summed E-state index contributed by atoms with van der Waals surface area (Å²) < 4.78 is 16.9. The van der Waals surface area contributed by atoms with Gasteiger partial charge in [-0.15, -0.1) is 0 Å². The van der Waals surface area contributed by atoms with Crippen molar-refractivity contribution in [1.82, 2.24) is 20.4 Å². The van der Waals surface area contributed by atoms with Crippen LogP contribution in [0.3, 0.4) is 0 Å². The summed E-state index contributed by atoms with van der Waals surface area (Å²) in [5.41, 5.74) is 1.26. The van der Waals surface area contributed by atoms with Gasteiger partial charge in [-0.2, -0.15) is 4.98 Å². The molecular weight excluding hydrogens is 320 g/mol. The molecule has 5 rings (SSSR count). The van der Waals surface area contributed by atoms with Gasteiger partial charge in [-0.3, -0.25) is 4.90 Å². The molecule has 7 nitrogen and oxygen atoms in total. The second-order valence-corrected chi connectivity index (χ2v) is 7.04. The Labute approximate surface area is 146 Å². The van der Waals surface area contributed by atoms with Gasteiger partial charge in [0.25, 0.3) is 0 Å². The van der Waals surface area contributed by atoms with Crippen LogP contribution in [0.15, 0.2) is 22.7 Å². The first-order chi connectivity index (χ1) is 12.3. The Kier molecular flexibility index (Phi) is 3.64. The zero-order valence-corrected chi connectivity index (χ0v) is 14.3. The van der Waals surface area contributed by atoms with Gasteiger partial charge in [-0.1, -0.05) is 11.2 Å². The Morgan fingerprint density at radius 2 is 2.04 bits per heavy atom. The minimum atomic E-state index is 0.192. The smallest absolute Gasteiger partial charge is 0.230 e. The van der Waals surface area contributed by atoms with Crippen LogP contribution in [0.5, 0.6) is 11.5 Å². The predicted molar refractivity (Wildman–Crippen MR) is 90.1 cm³/mol. The lowest BCUT2D eigenvalue weighted by Crippen LogP contribution is -2.44. The van der Waals surface area contributed by atoms with Gasteiger partial charge < -0.3 is 19.3 Å². The molecule has 1 saturated heterocycles. The Balaban J connectivity index is 1.31. The Bertz CT molecular complexity index is 777. The molecule has 1 N–H and O–H groups in total. The maximum atomic E-state index is 5.69. The van der Waals surface area contributed by atoms with Crippen LogP contribution in [0, 0.1) is 0 Å². The number of fused-ring (bicyclic) bond motifs is 1. The SMILES string of the molecule is CN1CCNCC1c1noc(C2CC2c2ccc3c(c2)OCCO3)n1. The highest BCUT2D eigenvalue weighted by atomic mass is 16.6. The number of hydrogen-bond donors (Lipinski definition) is 1. The second-order valence-electron chi connectivity index (χ2n) is 7.04. The van der Waals surface area contributed by atoms with E-state index in [2.05, 4.69) is 34.6 Å². The van der Waals surface area contributed by atoms with E-state index in [0.717, 1.165) is 49.3 Å². The van der Waals surface area contributed by atoms with Gasteiger partial charge in [0.2, 0.25) is 5.89 Å². The van der Waals surface area contributed by atoms with E-state index in [0.29, 0.717) is 25.0 Å². The van der Waals surface area contributed by atoms with Crippen LogP contribution >= 0.6 is 0 Å². The summed E-state index contributed by atoms with van der Waals surface area (Å²) in [6, 6.07) is 6.41. The summed E-state index contributed by atoms with van der Waals surface area (Å²) in [5.74, 6) is 3.96. The van der Waals surface area contributed by atoms with Gasteiger partial charge in [-0.25, -0.2) is 0 Å². The fourth-order valence-corrected chi connectivity index (χ4v) is 3.75. The molecule has 3 atom stereocenters. The van der Waals surface area contributed by atoms with E-state index >= 15 is 0 Å². The zero-order chi connectivity index (χ0) is 16.8. The average Bonchev–Trinajstić information content (AvgIpc) is 3.31. The highest BCUT2D eigenvalue weighted by Gasteiger charge is 2.44. The normalized spacial score (nSPS) is 28.8. The number of nitrogens with one attached hydrogen (secondary N) is 1. The molecular formula is C18H22N4O3. The van der Waals surface area contributed by atoms with E-state index in [9.17, 15) is 0 Å². The molecule has 3 heterocycles. The van der Waals surface area contributed by atoms with Gasteiger partial charge in [0.1, 0.15) is 13.2 Å². The van der Waals surface area contributed by atoms with Crippen molar-refractivity contribution in [1.29, 1.82) is 0 Å². The largest absolute Gasteiger partial charge is 0.486 e. The fraction of sp³-hybridized carbons (Fsp3) is 0.556. The number of benzene rings is 1. The van der Waals surface area contributed by atoms with Gasteiger partial charge >= 0.3 is 0 Å². The van der Waals surface area contributed by atoms with Crippen LogP contribution in [0.4, 0.5) is 0 Å². The first-order valence-corrected chi connectivity index (χ1v) is 8.93. The third-order valence-corrected chi connectivity index (χ3v) is 5.37. The Hall–Kier alpha value is -2.12. The van der Waals surface area contributed by atoms with E-state index < -0.39 is 0 Å². The average molecular weight is 342 g/mol. The van der Waals surface area contributed by atoms with Crippen LogP contribution in [-0.2, 0) is 0 Å². The number of aromatic nitrogens is 2. The summed E-state index contributed by atoms with van der Waals surface area (Å²) in [6.07, 6.45) is 1.04. The molecule has 1 aromatic heterocycles. The number of hydrogen-bond acceptors (Lipinski definition) is 7. The summed E-state index contributed by atoms with van der Waals surface area (Å²) in [5, 5.41) is 7.63. The monoisotopic (exact) mass is 342 g/mol. The highest BCUT2D eigenvalue weighted by Crippen LogP contribution is 2.55. The number of nitrogens with zero attached hydrogens (tertiary/aromatic N) is 3. The van der Waals surface area contributed by atoms with Gasteiger partial charge in [0.15, 0.2) is 17.3 Å². The molecule has 2 fully saturated rings. The first-order valence-electron chi connectivity index (χ1n) is 8.93. The topological polar surface area (TPSA) is 72.7 Å². The molecule has 1 aliphatic carbocycles. The number of ether oxygens (including phenoxy) is 2. The quantitative estimate of drug-likeness (QED) is 0.910. The van der Waals surface area contributed by atoms with Crippen LogP contribution < -0.4 is 14.8 Å². The first kappa shape index (κ1) is 15.2. The minimum absolute atomic E-state index is 0.192. The highest BCUT2D eigenvalue weighted by molar-refractivity contribution is 5.46. The fourth-order valence-electron chi connectivity index (χ4n) is 3.75. The van der Waals surface area contributed by atoms with Crippen molar-refractivity contribution >= 4 is 0 Å². The van der Waals surface area contributed by atoms with E-state index in [1.165, 1.54) is 5.56 Å². The van der Waals surface area contributed by atoms with Crippen molar-refractivity contribution < 1.29 is 14.0 Å². The summed E-state index contributed by atoms with van der Waals surface area (Å²) in [4.78, 5) is 6.97. The number of piperazine rings is 1. The molecule has 0 bridgehead atoms. The number of likely N-dealkylation sites (N-methyl/N-ethyl adjacent to an activating group) is 1. The lowest BCUT2D eigenvalue weighted by Gasteiger charge is -2.30. The maximum Gasteiger partial charge on any atom is 0.230 e. The van der Waals surface area contributed by atoms with Gasteiger partial charge in [0.05, 0.1) is 6.04 Å². The standard InChI is InChI=1S/C18H22N4O3/c1-22-5-4-19-10-14(22)17-20-18(25-21-17)13-9-12(13)11-2-3-15-16(8-11)24-7-6-23-15/h2-3,8,12-14,19H,4-7,9-10H2,1H3. The van der Waals surface area contributed by atoms with E-state index in [-0.39, 0.29) is 6.04 Å². The van der Waals surface area contributed by atoms with Gasteiger partial charge in [0, 0.05) is 25.6 Å². The molecule has 25 heavy (non-hydrogen) atoms. The lowest BCUT2D eigenvalue weighted by atomic mass is 10.1. The van der Waals surface area contributed by atoms with Crippen LogP contribution in [0.1, 0.15) is 41.6 Å². The lowest BCUT2D eigenvalue weighted by molar-refractivity contribution is 0.171. The van der Waals surface area contributed by atoms with E-state index in [1.54, 1.807) is 0 Å². The van der Waals surface area contributed by atoms with Crippen molar-refractivity contribution in [2.45, 2.75) is 24.3 Å². The molecule has 3 unspecified atom stereocenters. The molecule has 1 saturated carbocycles. The van der Waals surface area contributed by atoms with E-state index in [4.69, 9.17) is 19.0 Å². The third-order valence-electron chi connectivity index (χ3n) is 5.37. The van der Waals surface area contributed by atoms with Crippen molar-refractivity contribution in [3.8, 4) is 11.5 Å². The summed E-state index contributed by atoms with van der Waals surface area (Å²) in [7, 11) is 2.11. The zero-order valence-electron chi connectivity index (χ0n) is 14.3. The molecule has 3 aliphatic rings. The van der Waals surface area contributed by atoms with E-state index in [1.807, 2.05) is 6.07 Å².